The van der Waals surface area contributed by atoms with Crippen molar-refractivity contribution in [2.75, 3.05) is 20.3 Å². The highest BCUT2D eigenvalue weighted by atomic mass is 16.5. The Labute approximate surface area is 131 Å². The van der Waals surface area contributed by atoms with Gasteiger partial charge in [-0.05, 0) is 24.9 Å². The first-order valence-electron chi connectivity index (χ1n) is 7.96. The lowest BCUT2D eigenvalue weighted by atomic mass is 10.0. The third-order valence-corrected chi connectivity index (χ3v) is 4.14. The van der Waals surface area contributed by atoms with Crippen LogP contribution in [0.5, 0.6) is 0 Å². The van der Waals surface area contributed by atoms with Gasteiger partial charge in [0.25, 0.3) is 0 Å². The number of likely N-dealkylation sites (tertiary alicyclic amines) is 1. The maximum Gasteiger partial charge on any atom is 0.244 e. The van der Waals surface area contributed by atoms with Crippen molar-refractivity contribution in [3.05, 3.63) is 47.6 Å². The fourth-order valence-corrected chi connectivity index (χ4v) is 2.98. The van der Waals surface area contributed by atoms with Crippen LogP contribution in [0.2, 0.25) is 0 Å². The first kappa shape index (κ1) is 15.2. The second kappa shape index (κ2) is 7.51. The molecule has 2 aromatic rings. The van der Waals surface area contributed by atoms with Gasteiger partial charge in [-0.25, -0.2) is 0 Å². The summed E-state index contributed by atoms with van der Waals surface area (Å²) < 4.78 is 10.6. The van der Waals surface area contributed by atoms with Crippen LogP contribution >= 0.6 is 0 Å². The van der Waals surface area contributed by atoms with E-state index in [0.29, 0.717) is 13.0 Å². The normalized spacial score (nSPS) is 19.4. The number of aromatic nitrogens is 2. The largest absolute Gasteiger partial charge is 0.384 e. The predicted octanol–water partition coefficient (Wildman–Crippen LogP) is 2.99. The van der Waals surface area contributed by atoms with Crippen LogP contribution in [0.3, 0.4) is 0 Å². The van der Waals surface area contributed by atoms with Gasteiger partial charge >= 0.3 is 0 Å². The van der Waals surface area contributed by atoms with Crippen molar-refractivity contribution < 1.29 is 9.26 Å². The number of benzene rings is 1. The van der Waals surface area contributed by atoms with Gasteiger partial charge in [0.05, 0.1) is 12.6 Å². The average Bonchev–Trinajstić information content (AvgIpc) is 3.03. The van der Waals surface area contributed by atoms with Crippen molar-refractivity contribution in [2.24, 2.45) is 0 Å². The summed E-state index contributed by atoms with van der Waals surface area (Å²) in [6.07, 6.45) is 4.23. The third kappa shape index (κ3) is 3.72. The molecule has 0 spiro atoms. The highest BCUT2D eigenvalue weighted by Gasteiger charge is 2.28. The van der Waals surface area contributed by atoms with E-state index in [0.717, 1.165) is 31.2 Å². The Balaban J connectivity index is 1.70. The quantitative estimate of drug-likeness (QED) is 0.821. The van der Waals surface area contributed by atoms with Crippen LogP contribution in [-0.2, 0) is 17.7 Å². The molecule has 0 saturated carbocycles. The van der Waals surface area contributed by atoms with Crippen LogP contribution in [0, 0.1) is 0 Å². The molecule has 22 heavy (non-hydrogen) atoms. The predicted molar refractivity (Wildman–Crippen MR) is 83.3 cm³/mol. The van der Waals surface area contributed by atoms with Gasteiger partial charge in [-0.2, -0.15) is 4.98 Å². The van der Waals surface area contributed by atoms with E-state index in [1.807, 2.05) is 0 Å². The zero-order valence-corrected chi connectivity index (χ0v) is 13.1. The van der Waals surface area contributed by atoms with Crippen LogP contribution in [-0.4, -0.2) is 35.3 Å². The van der Waals surface area contributed by atoms with Crippen LogP contribution in [0.15, 0.2) is 34.9 Å². The minimum atomic E-state index is 0.234. The molecule has 1 aliphatic rings. The molecule has 0 amide bonds. The third-order valence-electron chi connectivity index (χ3n) is 4.14. The zero-order chi connectivity index (χ0) is 15.2. The number of nitrogens with zero attached hydrogens (tertiary/aromatic N) is 3. The van der Waals surface area contributed by atoms with Gasteiger partial charge in [-0.15, -0.1) is 0 Å². The Morgan fingerprint density at radius 3 is 2.95 bits per heavy atom. The number of hydrogen-bond acceptors (Lipinski definition) is 5. The lowest BCUT2D eigenvalue weighted by Crippen LogP contribution is -2.33. The lowest BCUT2D eigenvalue weighted by molar-refractivity contribution is 0.111. The van der Waals surface area contributed by atoms with Gasteiger partial charge in [-0.1, -0.05) is 41.9 Å². The van der Waals surface area contributed by atoms with E-state index in [2.05, 4.69) is 45.4 Å². The highest BCUT2D eigenvalue weighted by Crippen LogP contribution is 2.31. The van der Waals surface area contributed by atoms with Crippen LogP contribution in [0.4, 0.5) is 0 Å². The molecule has 5 heteroatoms. The Morgan fingerprint density at radius 1 is 1.27 bits per heavy atom. The van der Waals surface area contributed by atoms with E-state index < -0.39 is 0 Å². The summed E-state index contributed by atoms with van der Waals surface area (Å²) >= 11 is 0. The summed E-state index contributed by atoms with van der Waals surface area (Å²) in [6, 6.07) is 10.8. The van der Waals surface area contributed by atoms with E-state index >= 15 is 0 Å². The number of methoxy groups -OCH3 is 1. The molecule has 5 nitrogen and oxygen atoms in total. The Hall–Kier alpha value is -1.72. The topological polar surface area (TPSA) is 51.4 Å². The second-order valence-corrected chi connectivity index (χ2v) is 5.76. The zero-order valence-electron chi connectivity index (χ0n) is 13.1. The van der Waals surface area contributed by atoms with E-state index in [9.17, 15) is 0 Å². The van der Waals surface area contributed by atoms with E-state index in [1.165, 1.54) is 18.4 Å². The fourth-order valence-electron chi connectivity index (χ4n) is 2.98. The molecule has 1 atom stereocenters. The molecule has 3 rings (SSSR count). The molecular weight excluding hydrogens is 278 g/mol. The summed E-state index contributed by atoms with van der Waals surface area (Å²) in [6.45, 7) is 2.63. The first-order valence-corrected chi connectivity index (χ1v) is 7.96. The van der Waals surface area contributed by atoms with E-state index in [-0.39, 0.29) is 6.04 Å². The minimum absolute atomic E-state index is 0.234. The maximum atomic E-state index is 5.51. The van der Waals surface area contributed by atoms with Crippen molar-refractivity contribution in [3.8, 4) is 0 Å². The van der Waals surface area contributed by atoms with E-state index in [4.69, 9.17) is 9.26 Å². The van der Waals surface area contributed by atoms with Crippen LogP contribution < -0.4 is 0 Å². The van der Waals surface area contributed by atoms with Gasteiger partial charge in [0, 0.05) is 20.1 Å². The van der Waals surface area contributed by atoms with Crippen molar-refractivity contribution in [1.82, 2.24) is 15.0 Å². The molecule has 0 unspecified atom stereocenters. The Bertz CT molecular complexity index is 570. The van der Waals surface area contributed by atoms with Gasteiger partial charge in [0.15, 0.2) is 5.82 Å². The van der Waals surface area contributed by atoms with Crippen molar-refractivity contribution in [1.29, 1.82) is 0 Å². The standard InChI is InChI=1S/C17H23N3O2/c1-21-12-10-16-18-17(22-19-16)15-9-5-6-11-20(15)13-14-7-3-2-4-8-14/h2-4,7-8,15H,5-6,9-13H2,1H3/t15-/m1/s1. The molecule has 1 aromatic carbocycles. The molecule has 2 heterocycles. The summed E-state index contributed by atoms with van der Waals surface area (Å²) in [5, 5.41) is 4.08. The summed E-state index contributed by atoms with van der Waals surface area (Å²) in [5.41, 5.74) is 1.33. The van der Waals surface area contributed by atoms with Gasteiger partial charge < -0.3 is 9.26 Å². The van der Waals surface area contributed by atoms with Gasteiger partial charge in [0.2, 0.25) is 5.89 Å². The average molecular weight is 301 g/mol. The molecule has 1 fully saturated rings. The summed E-state index contributed by atoms with van der Waals surface area (Å²) in [5.74, 6) is 1.49. The summed E-state index contributed by atoms with van der Waals surface area (Å²) in [4.78, 5) is 7.01. The molecule has 0 aliphatic carbocycles. The first-order chi connectivity index (χ1) is 10.9. The fraction of sp³-hybridized carbons (Fsp3) is 0.529. The van der Waals surface area contributed by atoms with Crippen LogP contribution in [0.25, 0.3) is 0 Å². The molecule has 1 aliphatic heterocycles. The number of rotatable bonds is 6. The molecule has 0 bridgehead atoms. The second-order valence-electron chi connectivity index (χ2n) is 5.76. The van der Waals surface area contributed by atoms with Crippen LogP contribution in [0.1, 0.15) is 42.6 Å². The SMILES string of the molecule is COCCc1noc([C@H]2CCCCN2Cc2ccccc2)n1. The minimum Gasteiger partial charge on any atom is -0.384 e. The Morgan fingerprint density at radius 2 is 2.14 bits per heavy atom. The number of piperidine rings is 1. The van der Waals surface area contributed by atoms with E-state index in [1.54, 1.807) is 7.11 Å². The monoisotopic (exact) mass is 301 g/mol. The smallest absolute Gasteiger partial charge is 0.244 e. The Kier molecular flexibility index (Phi) is 5.19. The number of hydrogen-bond donors (Lipinski definition) is 0. The molecule has 118 valence electrons. The molecule has 0 N–H and O–H groups in total. The van der Waals surface area contributed by atoms with Gasteiger partial charge in [-0.3, -0.25) is 4.90 Å². The molecule has 0 radical (unpaired) electrons. The molecule has 1 aromatic heterocycles. The maximum absolute atomic E-state index is 5.51. The van der Waals surface area contributed by atoms with Crippen molar-refractivity contribution >= 4 is 0 Å². The molecular formula is C17H23N3O2. The highest BCUT2D eigenvalue weighted by molar-refractivity contribution is 5.15. The molecule has 1 saturated heterocycles. The lowest BCUT2D eigenvalue weighted by Gasteiger charge is -2.33. The summed E-state index contributed by atoms with van der Waals surface area (Å²) in [7, 11) is 1.68. The van der Waals surface area contributed by atoms with Crippen molar-refractivity contribution in [2.45, 2.75) is 38.3 Å². The van der Waals surface area contributed by atoms with Crippen molar-refractivity contribution in [3.63, 3.8) is 0 Å². The number of ether oxygens (including phenoxy) is 1. The van der Waals surface area contributed by atoms with Gasteiger partial charge in [0.1, 0.15) is 0 Å².